The number of halogens is 3. The zero-order valence-electron chi connectivity index (χ0n) is 14.8. The molecule has 1 N–H and O–H groups in total. The highest BCUT2D eigenvalue weighted by Crippen LogP contribution is 2.23. The number of ether oxygens (including phenoxy) is 1. The van der Waals surface area contributed by atoms with Gasteiger partial charge in [-0.3, -0.25) is 0 Å². The van der Waals surface area contributed by atoms with Gasteiger partial charge in [-0.25, -0.2) is 9.22 Å². The molecule has 0 unspecified atom stereocenters. The van der Waals surface area contributed by atoms with Crippen molar-refractivity contribution in [3.05, 3.63) is 93.2 Å². The normalized spacial score (nSPS) is 11.6. The molecule has 9 heteroatoms. The Balaban J connectivity index is 1.73. The van der Waals surface area contributed by atoms with Crippen LogP contribution in [0.4, 0.5) is 4.39 Å². The van der Waals surface area contributed by atoms with Crippen LogP contribution < -0.4 is 9.57 Å². The van der Waals surface area contributed by atoms with Crippen molar-refractivity contribution in [3.63, 3.8) is 0 Å². The number of benzene rings is 3. The van der Waals surface area contributed by atoms with Crippen LogP contribution >= 0.6 is 27.5 Å². The topological polar surface area (TPSA) is 67.8 Å². The molecule has 0 aromatic heterocycles. The van der Waals surface area contributed by atoms with Crippen molar-refractivity contribution >= 4 is 43.8 Å². The third kappa shape index (κ3) is 6.03. The largest absolute Gasteiger partial charge is 0.488 e. The summed E-state index contributed by atoms with van der Waals surface area (Å²) in [5.41, 5.74) is 1.35. The smallest absolute Gasteiger partial charge is 0.276 e. The summed E-state index contributed by atoms with van der Waals surface area (Å²) in [7, 11) is -3.82. The van der Waals surface area contributed by atoms with Crippen LogP contribution in [0.25, 0.3) is 0 Å². The first-order valence-electron chi connectivity index (χ1n) is 8.31. The molecule has 5 nitrogen and oxygen atoms in total. The summed E-state index contributed by atoms with van der Waals surface area (Å²) >= 11 is 9.14. The van der Waals surface area contributed by atoms with E-state index in [9.17, 15) is 12.8 Å². The fourth-order valence-electron chi connectivity index (χ4n) is 2.33. The lowest BCUT2D eigenvalue weighted by molar-refractivity contribution is 0.305. The van der Waals surface area contributed by atoms with Crippen molar-refractivity contribution in [2.45, 2.75) is 11.5 Å². The molecule has 3 aromatic carbocycles. The number of hydrogen-bond acceptors (Lipinski definition) is 4. The zero-order valence-corrected chi connectivity index (χ0v) is 18.0. The molecule has 3 rings (SSSR count). The van der Waals surface area contributed by atoms with E-state index in [1.54, 1.807) is 30.3 Å². The molecule has 0 fully saturated rings. The van der Waals surface area contributed by atoms with E-state index in [1.165, 1.54) is 42.6 Å². The van der Waals surface area contributed by atoms with Crippen LogP contribution in [0.1, 0.15) is 11.1 Å². The van der Waals surface area contributed by atoms with Crippen molar-refractivity contribution < 1.29 is 17.5 Å². The lowest BCUT2D eigenvalue weighted by Gasteiger charge is -2.10. The minimum absolute atomic E-state index is 0.0427. The maximum absolute atomic E-state index is 13.0. The molecule has 3 aromatic rings. The van der Waals surface area contributed by atoms with Crippen LogP contribution in [-0.2, 0) is 16.6 Å². The summed E-state index contributed by atoms with van der Waals surface area (Å²) < 4.78 is 44.1. The van der Waals surface area contributed by atoms with Crippen LogP contribution in [0.15, 0.2) is 81.2 Å². The Morgan fingerprint density at radius 3 is 2.45 bits per heavy atom. The maximum atomic E-state index is 13.0. The van der Waals surface area contributed by atoms with Crippen LogP contribution in [0.3, 0.4) is 0 Å². The van der Waals surface area contributed by atoms with Crippen molar-refractivity contribution in [2.24, 2.45) is 5.10 Å². The van der Waals surface area contributed by atoms with Gasteiger partial charge >= 0.3 is 0 Å². The van der Waals surface area contributed by atoms with Gasteiger partial charge in [0.1, 0.15) is 18.2 Å². The molecule has 0 aliphatic rings. The van der Waals surface area contributed by atoms with Gasteiger partial charge in [0.05, 0.1) is 11.1 Å². The van der Waals surface area contributed by atoms with Gasteiger partial charge in [0.15, 0.2) is 0 Å². The van der Waals surface area contributed by atoms with Gasteiger partial charge in [0.2, 0.25) is 0 Å². The predicted octanol–water partition coefficient (Wildman–Crippen LogP) is 5.13. The van der Waals surface area contributed by atoms with E-state index in [0.29, 0.717) is 16.3 Å². The maximum Gasteiger partial charge on any atom is 0.276 e. The first-order chi connectivity index (χ1) is 13.8. The van der Waals surface area contributed by atoms with Gasteiger partial charge in [-0.2, -0.15) is 13.5 Å². The minimum atomic E-state index is -3.82. The molecule has 0 radical (unpaired) electrons. The summed E-state index contributed by atoms with van der Waals surface area (Å²) in [5, 5.41) is 4.27. The van der Waals surface area contributed by atoms with Gasteiger partial charge < -0.3 is 4.74 Å². The van der Waals surface area contributed by atoms with Crippen LogP contribution in [0, 0.1) is 5.82 Å². The highest BCUT2D eigenvalue weighted by Gasteiger charge is 2.12. The number of rotatable bonds is 7. The van der Waals surface area contributed by atoms with E-state index in [2.05, 4.69) is 25.9 Å². The third-order valence-electron chi connectivity index (χ3n) is 3.78. The van der Waals surface area contributed by atoms with Gasteiger partial charge in [-0.1, -0.05) is 39.7 Å². The van der Waals surface area contributed by atoms with E-state index >= 15 is 0 Å². The van der Waals surface area contributed by atoms with Crippen LogP contribution in [0.5, 0.6) is 5.75 Å². The fourth-order valence-corrected chi connectivity index (χ4v) is 3.62. The lowest BCUT2D eigenvalue weighted by Crippen LogP contribution is -2.18. The van der Waals surface area contributed by atoms with Gasteiger partial charge in [-0.05, 0) is 60.2 Å². The number of nitrogens with one attached hydrogen (secondary N) is 1. The summed E-state index contributed by atoms with van der Waals surface area (Å²) in [6, 6.07) is 16.9. The number of hydrogen-bond donors (Lipinski definition) is 1. The second-order valence-corrected chi connectivity index (χ2v) is 8.92. The average Bonchev–Trinajstić information content (AvgIpc) is 2.69. The highest BCUT2D eigenvalue weighted by molar-refractivity contribution is 9.10. The predicted molar refractivity (Wildman–Crippen MR) is 114 cm³/mol. The number of hydrazone groups is 1. The minimum Gasteiger partial charge on any atom is -0.488 e. The van der Waals surface area contributed by atoms with E-state index in [0.717, 1.165) is 10.0 Å². The van der Waals surface area contributed by atoms with Crippen molar-refractivity contribution in [1.82, 2.24) is 4.83 Å². The summed E-state index contributed by atoms with van der Waals surface area (Å²) in [6.45, 7) is 0.221. The monoisotopic (exact) mass is 496 g/mol. The molecule has 0 spiro atoms. The van der Waals surface area contributed by atoms with Crippen molar-refractivity contribution in [3.8, 4) is 5.75 Å². The third-order valence-corrected chi connectivity index (χ3v) is 5.76. The van der Waals surface area contributed by atoms with Gasteiger partial charge in [0, 0.05) is 15.1 Å². The Morgan fingerprint density at radius 1 is 1.07 bits per heavy atom. The Labute approximate surface area is 181 Å². The molecule has 0 saturated carbocycles. The van der Waals surface area contributed by atoms with Gasteiger partial charge in [-0.15, -0.1) is 0 Å². The van der Waals surface area contributed by atoms with Gasteiger partial charge in [0.25, 0.3) is 10.0 Å². The Morgan fingerprint density at radius 2 is 1.76 bits per heavy atom. The quantitative estimate of drug-likeness (QED) is 0.363. The van der Waals surface area contributed by atoms with Crippen LogP contribution in [0.2, 0.25) is 5.02 Å². The molecule has 0 saturated heterocycles. The Kier molecular flexibility index (Phi) is 6.89. The second kappa shape index (κ2) is 9.39. The molecule has 0 atom stereocenters. The molecule has 0 bridgehead atoms. The van der Waals surface area contributed by atoms with Crippen molar-refractivity contribution in [2.75, 3.05) is 0 Å². The summed E-state index contributed by atoms with van der Waals surface area (Å²) in [4.78, 5) is 2.20. The standard InChI is InChI=1S/C20H15BrClFN2O3S/c21-16-3-10-20(28-13-14-1-6-18(23)7-2-14)15(11-16)12-24-25-29(26,27)19-8-4-17(22)5-9-19/h1-12,25H,13H2. The molecule has 29 heavy (non-hydrogen) atoms. The lowest BCUT2D eigenvalue weighted by atomic mass is 10.2. The summed E-state index contributed by atoms with van der Waals surface area (Å²) in [5.74, 6) is 0.171. The zero-order chi connectivity index (χ0) is 20.9. The highest BCUT2D eigenvalue weighted by atomic mass is 79.9. The first-order valence-corrected chi connectivity index (χ1v) is 11.0. The molecule has 150 valence electrons. The molecular weight excluding hydrogens is 483 g/mol. The fraction of sp³-hybridized carbons (Fsp3) is 0.0500. The van der Waals surface area contributed by atoms with E-state index in [1.807, 2.05) is 0 Å². The SMILES string of the molecule is O=S(=O)(NN=Cc1cc(Br)ccc1OCc1ccc(F)cc1)c1ccc(Cl)cc1. The molecule has 0 aliphatic carbocycles. The van der Waals surface area contributed by atoms with E-state index in [-0.39, 0.29) is 17.3 Å². The average molecular weight is 498 g/mol. The first kappa shape index (κ1) is 21.3. The summed E-state index contributed by atoms with van der Waals surface area (Å²) in [6.07, 6.45) is 1.35. The molecule has 0 aliphatic heterocycles. The molecular formula is C20H15BrClFN2O3S. The molecule has 0 heterocycles. The van der Waals surface area contributed by atoms with Crippen LogP contribution in [-0.4, -0.2) is 14.6 Å². The Bertz CT molecular complexity index is 1120. The van der Waals surface area contributed by atoms with E-state index < -0.39 is 10.0 Å². The Hall–Kier alpha value is -2.42. The van der Waals surface area contributed by atoms with E-state index in [4.69, 9.17) is 16.3 Å². The second-order valence-electron chi connectivity index (χ2n) is 5.90. The molecule has 0 amide bonds. The number of sulfonamides is 1. The van der Waals surface area contributed by atoms with Crippen molar-refractivity contribution in [1.29, 1.82) is 0 Å². The number of nitrogens with zero attached hydrogens (tertiary/aromatic N) is 1.